The van der Waals surface area contributed by atoms with E-state index in [2.05, 4.69) is 20.8 Å². The quantitative estimate of drug-likeness (QED) is 0.146. The monoisotopic (exact) mass is 382 g/mol. The Bertz CT molecular complexity index is 301. The summed E-state index contributed by atoms with van der Waals surface area (Å²) < 4.78 is 5.68. The minimum absolute atomic E-state index is 0.0313. The highest BCUT2D eigenvalue weighted by Gasteiger charge is 2.12. The second-order valence-electron chi connectivity index (χ2n) is 8.36. The second-order valence-corrected chi connectivity index (χ2v) is 8.36. The van der Waals surface area contributed by atoms with Crippen LogP contribution in [0.15, 0.2) is 0 Å². The van der Waals surface area contributed by atoms with Gasteiger partial charge < -0.3 is 4.74 Å². The Balaban J connectivity index is 3.44. The normalized spacial score (nSPS) is 12.3. The molecule has 1 unspecified atom stereocenters. The third-order valence-electron chi connectivity index (χ3n) is 5.62. The van der Waals surface area contributed by atoms with Gasteiger partial charge in [0.1, 0.15) is 6.10 Å². The van der Waals surface area contributed by atoms with Gasteiger partial charge in [0.15, 0.2) is 0 Å². The maximum Gasteiger partial charge on any atom is 0.306 e. The molecule has 0 heterocycles. The summed E-state index contributed by atoms with van der Waals surface area (Å²) >= 11 is 0. The largest absolute Gasteiger partial charge is 0.462 e. The fraction of sp³-hybridized carbons (Fsp3) is 0.960. The Labute approximate surface area is 171 Å². The fourth-order valence-electron chi connectivity index (χ4n) is 3.68. The maximum atomic E-state index is 12.0. The van der Waals surface area contributed by atoms with E-state index < -0.39 is 0 Å². The van der Waals surface area contributed by atoms with Crippen molar-refractivity contribution in [1.82, 2.24) is 0 Å². The molecule has 0 aliphatic rings. The topological polar surface area (TPSA) is 26.3 Å². The van der Waals surface area contributed by atoms with E-state index in [1.54, 1.807) is 0 Å². The molecular formula is C25H50O2. The fourth-order valence-corrected chi connectivity index (χ4v) is 3.68. The van der Waals surface area contributed by atoms with Gasteiger partial charge in [-0.05, 0) is 25.7 Å². The average Bonchev–Trinajstić information content (AvgIpc) is 2.67. The SMILES string of the molecule is CCCCCCCCCCCCCC(=O)OC(CC)CCCCCCCC. The van der Waals surface area contributed by atoms with E-state index in [1.165, 1.54) is 103 Å². The summed E-state index contributed by atoms with van der Waals surface area (Å²) in [6, 6.07) is 0. The molecule has 0 fully saturated rings. The van der Waals surface area contributed by atoms with Crippen LogP contribution in [0.1, 0.15) is 149 Å². The first kappa shape index (κ1) is 26.5. The molecule has 27 heavy (non-hydrogen) atoms. The van der Waals surface area contributed by atoms with Crippen LogP contribution < -0.4 is 0 Å². The molecule has 0 aromatic carbocycles. The van der Waals surface area contributed by atoms with E-state index in [1.807, 2.05) is 0 Å². The molecule has 0 N–H and O–H groups in total. The van der Waals surface area contributed by atoms with E-state index in [4.69, 9.17) is 4.74 Å². The standard InChI is InChI=1S/C25H50O2/c1-4-7-9-11-13-14-15-16-17-19-21-23-25(26)27-24(6-3)22-20-18-12-10-8-5-2/h24H,4-23H2,1-3H3. The number of esters is 1. The smallest absolute Gasteiger partial charge is 0.306 e. The first-order valence-electron chi connectivity index (χ1n) is 12.4. The molecule has 0 aliphatic heterocycles. The average molecular weight is 383 g/mol. The first-order chi connectivity index (χ1) is 13.2. The van der Waals surface area contributed by atoms with Gasteiger partial charge in [-0.2, -0.15) is 0 Å². The van der Waals surface area contributed by atoms with Crippen molar-refractivity contribution < 1.29 is 9.53 Å². The summed E-state index contributed by atoms with van der Waals surface area (Å²) in [5.41, 5.74) is 0. The second kappa shape index (κ2) is 21.8. The van der Waals surface area contributed by atoms with Crippen molar-refractivity contribution in [2.45, 2.75) is 155 Å². The maximum absolute atomic E-state index is 12.0. The molecule has 2 heteroatoms. The van der Waals surface area contributed by atoms with Gasteiger partial charge in [-0.1, -0.05) is 117 Å². The number of hydrogen-bond donors (Lipinski definition) is 0. The van der Waals surface area contributed by atoms with Crippen LogP contribution in [0.4, 0.5) is 0 Å². The van der Waals surface area contributed by atoms with Crippen LogP contribution in [0.25, 0.3) is 0 Å². The lowest BCUT2D eigenvalue weighted by Crippen LogP contribution is -2.17. The number of hydrogen-bond acceptors (Lipinski definition) is 2. The van der Waals surface area contributed by atoms with Crippen molar-refractivity contribution in [1.29, 1.82) is 0 Å². The number of carbonyl (C=O) groups is 1. The van der Waals surface area contributed by atoms with Crippen molar-refractivity contribution in [2.24, 2.45) is 0 Å². The lowest BCUT2D eigenvalue weighted by Gasteiger charge is -2.16. The Hall–Kier alpha value is -0.530. The molecule has 0 radical (unpaired) electrons. The highest BCUT2D eigenvalue weighted by Crippen LogP contribution is 2.15. The minimum Gasteiger partial charge on any atom is -0.462 e. The number of carbonyl (C=O) groups excluding carboxylic acids is 1. The summed E-state index contributed by atoms with van der Waals surface area (Å²) in [6.45, 7) is 6.66. The predicted octanol–water partition coefficient (Wildman–Crippen LogP) is 8.76. The minimum atomic E-state index is 0.0313. The first-order valence-corrected chi connectivity index (χ1v) is 12.4. The molecule has 0 aromatic heterocycles. The van der Waals surface area contributed by atoms with E-state index in [-0.39, 0.29) is 12.1 Å². The van der Waals surface area contributed by atoms with Crippen molar-refractivity contribution in [3.05, 3.63) is 0 Å². The molecule has 0 saturated carbocycles. The van der Waals surface area contributed by atoms with Crippen molar-refractivity contribution in [3.8, 4) is 0 Å². The zero-order chi connectivity index (χ0) is 20.0. The van der Waals surface area contributed by atoms with Gasteiger partial charge >= 0.3 is 5.97 Å². The molecule has 0 saturated heterocycles. The summed E-state index contributed by atoms with van der Waals surface area (Å²) in [7, 11) is 0. The lowest BCUT2D eigenvalue weighted by atomic mass is 10.0. The summed E-state index contributed by atoms with van der Waals surface area (Å²) in [6.07, 6.45) is 25.1. The van der Waals surface area contributed by atoms with Crippen molar-refractivity contribution in [3.63, 3.8) is 0 Å². The summed E-state index contributed by atoms with van der Waals surface area (Å²) in [5, 5.41) is 0. The van der Waals surface area contributed by atoms with Gasteiger partial charge in [0.25, 0.3) is 0 Å². The highest BCUT2D eigenvalue weighted by molar-refractivity contribution is 5.69. The molecule has 0 amide bonds. The number of ether oxygens (including phenoxy) is 1. The van der Waals surface area contributed by atoms with E-state index in [0.29, 0.717) is 6.42 Å². The Morgan fingerprint density at radius 1 is 0.593 bits per heavy atom. The third-order valence-corrected chi connectivity index (χ3v) is 5.62. The summed E-state index contributed by atoms with van der Waals surface area (Å²) in [5.74, 6) is 0.0313. The molecule has 0 spiro atoms. The van der Waals surface area contributed by atoms with Gasteiger partial charge in [0.2, 0.25) is 0 Å². The van der Waals surface area contributed by atoms with Crippen molar-refractivity contribution in [2.75, 3.05) is 0 Å². The zero-order valence-electron chi connectivity index (χ0n) is 19.0. The number of rotatable bonds is 21. The van der Waals surface area contributed by atoms with Crippen LogP contribution in [-0.2, 0) is 9.53 Å². The van der Waals surface area contributed by atoms with Gasteiger partial charge in [0, 0.05) is 6.42 Å². The van der Waals surface area contributed by atoms with Crippen LogP contribution in [0.2, 0.25) is 0 Å². The molecule has 1 atom stereocenters. The van der Waals surface area contributed by atoms with E-state index in [9.17, 15) is 4.79 Å². The highest BCUT2D eigenvalue weighted by atomic mass is 16.5. The summed E-state index contributed by atoms with van der Waals surface area (Å²) in [4.78, 5) is 12.0. The predicted molar refractivity (Wildman–Crippen MR) is 119 cm³/mol. The molecule has 0 rings (SSSR count). The molecular weight excluding hydrogens is 332 g/mol. The molecule has 0 aromatic rings. The van der Waals surface area contributed by atoms with E-state index >= 15 is 0 Å². The lowest BCUT2D eigenvalue weighted by molar-refractivity contribution is -0.149. The van der Waals surface area contributed by atoms with Crippen LogP contribution in [0.5, 0.6) is 0 Å². The Morgan fingerprint density at radius 2 is 1.00 bits per heavy atom. The number of unbranched alkanes of at least 4 members (excludes halogenated alkanes) is 15. The van der Waals surface area contributed by atoms with Crippen molar-refractivity contribution >= 4 is 5.97 Å². The molecule has 2 nitrogen and oxygen atoms in total. The van der Waals surface area contributed by atoms with Gasteiger partial charge in [-0.3, -0.25) is 4.79 Å². The van der Waals surface area contributed by atoms with Gasteiger partial charge in [-0.15, -0.1) is 0 Å². The Morgan fingerprint density at radius 3 is 1.44 bits per heavy atom. The Kier molecular flexibility index (Phi) is 21.3. The zero-order valence-corrected chi connectivity index (χ0v) is 19.0. The van der Waals surface area contributed by atoms with Crippen LogP contribution in [0.3, 0.4) is 0 Å². The molecule has 0 bridgehead atoms. The van der Waals surface area contributed by atoms with Gasteiger partial charge in [-0.25, -0.2) is 0 Å². The third kappa shape index (κ3) is 20.0. The van der Waals surface area contributed by atoms with Crippen LogP contribution in [0, 0.1) is 0 Å². The van der Waals surface area contributed by atoms with E-state index in [0.717, 1.165) is 19.3 Å². The molecule has 0 aliphatic carbocycles. The van der Waals surface area contributed by atoms with Crippen LogP contribution >= 0.6 is 0 Å². The van der Waals surface area contributed by atoms with Crippen LogP contribution in [-0.4, -0.2) is 12.1 Å². The molecule has 162 valence electrons. The van der Waals surface area contributed by atoms with Gasteiger partial charge in [0.05, 0.1) is 0 Å².